The molecule has 1 aliphatic carbocycles. The van der Waals surface area contributed by atoms with E-state index < -0.39 is 12.0 Å². The molecule has 1 saturated carbocycles. The molecule has 2 aliphatic rings. The monoisotopic (exact) mass is 268 g/mol. The van der Waals surface area contributed by atoms with Crippen molar-refractivity contribution in [2.75, 3.05) is 13.1 Å². The minimum absolute atomic E-state index is 0.0349. The zero-order valence-corrected chi connectivity index (χ0v) is 11.4. The van der Waals surface area contributed by atoms with E-state index in [0.29, 0.717) is 5.92 Å². The van der Waals surface area contributed by atoms with E-state index in [-0.39, 0.29) is 18.7 Å². The van der Waals surface area contributed by atoms with Gasteiger partial charge in [-0.15, -0.1) is 0 Å². The third-order valence-electron chi connectivity index (χ3n) is 4.59. The van der Waals surface area contributed by atoms with Crippen molar-refractivity contribution in [1.29, 1.82) is 0 Å². The van der Waals surface area contributed by atoms with Gasteiger partial charge >= 0.3 is 5.97 Å². The molecule has 0 bridgehead atoms. The Kier molecular flexibility index (Phi) is 4.80. The molecule has 1 saturated heterocycles. The van der Waals surface area contributed by atoms with Crippen molar-refractivity contribution in [2.45, 2.75) is 51.0 Å². The molecule has 1 aliphatic heterocycles. The van der Waals surface area contributed by atoms with Crippen molar-refractivity contribution in [3.8, 4) is 0 Å². The lowest BCUT2D eigenvalue weighted by Crippen LogP contribution is -2.50. The number of amides is 1. The summed E-state index contributed by atoms with van der Waals surface area (Å²) in [4.78, 5) is 24.6. The Bertz CT molecular complexity index is 346. The number of nitrogens with two attached hydrogens (primary N) is 1. The lowest BCUT2D eigenvalue weighted by Gasteiger charge is -2.42. The van der Waals surface area contributed by atoms with E-state index >= 15 is 0 Å². The SMILES string of the molecule is NC(CCC(=O)O)C(=O)N1CCC2CCCCC2C1. The molecule has 0 aromatic rings. The van der Waals surface area contributed by atoms with Gasteiger partial charge in [0.1, 0.15) is 0 Å². The maximum Gasteiger partial charge on any atom is 0.303 e. The molecular formula is C14H24N2O3. The van der Waals surface area contributed by atoms with E-state index in [1.54, 1.807) is 0 Å². The van der Waals surface area contributed by atoms with Gasteiger partial charge in [0.05, 0.1) is 6.04 Å². The third-order valence-corrected chi connectivity index (χ3v) is 4.59. The predicted molar refractivity (Wildman–Crippen MR) is 71.5 cm³/mol. The number of carbonyl (C=O) groups is 2. The molecule has 0 aromatic heterocycles. The summed E-state index contributed by atoms with van der Waals surface area (Å²) >= 11 is 0. The summed E-state index contributed by atoms with van der Waals surface area (Å²) in [6, 6.07) is -0.656. The van der Waals surface area contributed by atoms with Crippen molar-refractivity contribution >= 4 is 11.9 Å². The van der Waals surface area contributed by atoms with Gasteiger partial charge < -0.3 is 15.7 Å². The number of hydrogen-bond acceptors (Lipinski definition) is 3. The Labute approximate surface area is 114 Å². The molecule has 5 heteroatoms. The number of carbonyl (C=O) groups excluding carboxylic acids is 1. The molecule has 19 heavy (non-hydrogen) atoms. The fourth-order valence-electron chi connectivity index (χ4n) is 3.44. The second-order valence-corrected chi connectivity index (χ2v) is 5.92. The van der Waals surface area contributed by atoms with E-state index in [1.807, 2.05) is 4.90 Å². The van der Waals surface area contributed by atoms with Gasteiger partial charge in [-0.2, -0.15) is 0 Å². The zero-order valence-electron chi connectivity index (χ0n) is 11.4. The lowest BCUT2D eigenvalue weighted by atomic mass is 9.75. The maximum atomic E-state index is 12.2. The number of aliphatic carboxylic acids is 1. The number of hydrogen-bond donors (Lipinski definition) is 2. The fourth-order valence-corrected chi connectivity index (χ4v) is 3.44. The highest BCUT2D eigenvalue weighted by Gasteiger charge is 2.34. The summed E-state index contributed by atoms with van der Waals surface area (Å²) in [5.41, 5.74) is 5.81. The minimum Gasteiger partial charge on any atom is -0.481 e. The molecule has 108 valence electrons. The van der Waals surface area contributed by atoms with Crippen LogP contribution < -0.4 is 5.73 Å². The second-order valence-electron chi connectivity index (χ2n) is 5.92. The molecule has 1 heterocycles. The van der Waals surface area contributed by atoms with Crippen LogP contribution in [-0.2, 0) is 9.59 Å². The number of nitrogens with zero attached hydrogens (tertiary/aromatic N) is 1. The summed E-state index contributed by atoms with van der Waals surface area (Å²) in [6.07, 6.45) is 6.41. The number of carboxylic acid groups (broad SMARTS) is 1. The Morgan fingerprint density at radius 1 is 1.21 bits per heavy atom. The van der Waals surface area contributed by atoms with Crippen LogP contribution in [0.15, 0.2) is 0 Å². The lowest BCUT2D eigenvalue weighted by molar-refractivity contribution is -0.138. The van der Waals surface area contributed by atoms with Gasteiger partial charge in [-0.1, -0.05) is 19.3 Å². The van der Waals surface area contributed by atoms with Gasteiger partial charge in [0.25, 0.3) is 0 Å². The number of fused-ring (bicyclic) bond motifs is 1. The van der Waals surface area contributed by atoms with Crippen molar-refractivity contribution < 1.29 is 14.7 Å². The average Bonchev–Trinajstić information content (AvgIpc) is 2.43. The van der Waals surface area contributed by atoms with Crippen LogP contribution in [0.2, 0.25) is 0 Å². The van der Waals surface area contributed by atoms with E-state index in [1.165, 1.54) is 25.7 Å². The van der Waals surface area contributed by atoms with Crippen molar-refractivity contribution in [2.24, 2.45) is 17.6 Å². The fraction of sp³-hybridized carbons (Fsp3) is 0.857. The maximum absolute atomic E-state index is 12.2. The van der Waals surface area contributed by atoms with E-state index in [4.69, 9.17) is 10.8 Å². The topological polar surface area (TPSA) is 83.6 Å². The van der Waals surface area contributed by atoms with E-state index in [0.717, 1.165) is 25.4 Å². The first-order valence-electron chi connectivity index (χ1n) is 7.34. The molecule has 1 amide bonds. The zero-order chi connectivity index (χ0) is 13.8. The van der Waals surface area contributed by atoms with Crippen LogP contribution in [0.1, 0.15) is 44.9 Å². The largest absolute Gasteiger partial charge is 0.481 e. The third kappa shape index (κ3) is 3.69. The number of piperidine rings is 1. The molecule has 3 N–H and O–H groups in total. The van der Waals surface area contributed by atoms with Crippen LogP contribution in [0.4, 0.5) is 0 Å². The summed E-state index contributed by atoms with van der Waals surface area (Å²) in [7, 11) is 0. The molecule has 5 nitrogen and oxygen atoms in total. The minimum atomic E-state index is -0.894. The smallest absolute Gasteiger partial charge is 0.303 e. The summed E-state index contributed by atoms with van der Waals surface area (Å²) in [6.45, 7) is 1.62. The number of rotatable bonds is 4. The molecule has 0 aromatic carbocycles. The van der Waals surface area contributed by atoms with Crippen LogP contribution >= 0.6 is 0 Å². The van der Waals surface area contributed by atoms with E-state index in [9.17, 15) is 9.59 Å². The van der Waals surface area contributed by atoms with Gasteiger partial charge in [-0.3, -0.25) is 9.59 Å². The van der Waals surface area contributed by atoms with Gasteiger partial charge in [0, 0.05) is 19.5 Å². The van der Waals surface area contributed by atoms with E-state index in [2.05, 4.69) is 0 Å². The molecule has 2 fully saturated rings. The van der Waals surface area contributed by atoms with Crippen LogP contribution in [0.3, 0.4) is 0 Å². The Hall–Kier alpha value is -1.10. The second kappa shape index (κ2) is 6.37. The normalized spacial score (nSPS) is 28.6. The highest BCUT2D eigenvalue weighted by Crippen LogP contribution is 2.36. The van der Waals surface area contributed by atoms with Gasteiger partial charge in [-0.25, -0.2) is 0 Å². The molecule has 3 atom stereocenters. The number of carboxylic acids is 1. The molecule has 0 radical (unpaired) electrons. The molecule has 3 unspecified atom stereocenters. The quantitative estimate of drug-likeness (QED) is 0.803. The summed E-state index contributed by atoms with van der Waals surface area (Å²) in [5, 5.41) is 8.63. The van der Waals surface area contributed by atoms with Crippen molar-refractivity contribution in [1.82, 2.24) is 4.90 Å². The average molecular weight is 268 g/mol. The van der Waals surface area contributed by atoms with Crippen LogP contribution in [0.25, 0.3) is 0 Å². The van der Waals surface area contributed by atoms with Gasteiger partial charge in [-0.05, 0) is 31.1 Å². The Balaban J connectivity index is 1.84. The standard InChI is InChI=1S/C14H24N2O3/c15-12(5-6-13(17)18)14(19)16-8-7-10-3-1-2-4-11(10)9-16/h10-12H,1-9,15H2,(H,17,18). The number of likely N-dealkylation sites (tertiary alicyclic amines) is 1. The van der Waals surface area contributed by atoms with Crippen LogP contribution in [0.5, 0.6) is 0 Å². The van der Waals surface area contributed by atoms with Crippen LogP contribution in [-0.4, -0.2) is 41.0 Å². The summed E-state index contributed by atoms with van der Waals surface area (Å²) in [5.74, 6) is 0.464. The first kappa shape index (κ1) is 14.3. The first-order chi connectivity index (χ1) is 9.08. The predicted octanol–water partition coefficient (Wildman–Crippen LogP) is 1.22. The Morgan fingerprint density at radius 3 is 2.58 bits per heavy atom. The highest BCUT2D eigenvalue weighted by molar-refractivity contribution is 5.82. The van der Waals surface area contributed by atoms with Crippen LogP contribution in [0, 0.1) is 11.8 Å². The van der Waals surface area contributed by atoms with Gasteiger partial charge in [0.2, 0.25) is 5.91 Å². The highest BCUT2D eigenvalue weighted by atomic mass is 16.4. The Morgan fingerprint density at radius 2 is 1.89 bits per heavy atom. The molecular weight excluding hydrogens is 244 g/mol. The molecule has 2 rings (SSSR count). The first-order valence-corrected chi connectivity index (χ1v) is 7.34. The van der Waals surface area contributed by atoms with Gasteiger partial charge in [0.15, 0.2) is 0 Å². The molecule has 0 spiro atoms. The van der Waals surface area contributed by atoms with Crippen molar-refractivity contribution in [3.05, 3.63) is 0 Å². The summed E-state index contributed by atoms with van der Waals surface area (Å²) < 4.78 is 0. The van der Waals surface area contributed by atoms with Crippen molar-refractivity contribution in [3.63, 3.8) is 0 Å².